The molecule has 0 saturated heterocycles. The molecule has 4 rings (SSSR count). The van der Waals surface area contributed by atoms with Gasteiger partial charge in [0, 0.05) is 23.2 Å². The van der Waals surface area contributed by atoms with E-state index in [0.717, 1.165) is 22.6 Å². The monoisotopic (exact) mass is 335 g/mol. The molecular formula is C20H14ClNO2. The second-order valence-corrected chi connectivity index (χ2v) is 6.08. The maximum absolute atomic E-state index is 12.5. The van der Waals surface area contributed by atoms with Gasteiger partial charge in [0.2, 0.25) is 0 Å². The van der Waals surface area contributed by atoms with Crippen LogP contribution in [0, 0.1) is 0 Å². The van der Waals surface area contributed by atoms with E-state index >= 15 is 0 Å². The molecule has 0 unspecified atom stereocenters. The standard InChI is InChI=1S/C20H14ClNO2/c1-22-18-5-3-2-4-16(18)17(20(22)23)12-15-10-11-19(24-15)13-6-8-14(21)9-7-13/h2-12H,1H3/b17-12-. The highest BCUT2D eigenvalue weighted by Crippen LogP contribution is 2.37. The Hall–Kier alpha value is -2.78. The molecule has 1 aliphatic heterocycles. The van der Waals surface area contributed by atoms with E-state index in [1.165, 1.54) is 0 Å². The molecule has 0 fully saturated rings. The lowest BCUT2D eigenvalue weighted by atomic mass is 10.1. The van der Waals surface area contributed by atoms with E-state index in [4.69, 9.17) is 16.0 Å². The van der Waals surface area contributed by atoms with Crippen molar-refractivity contribution in [3.8, 4) is 11.3 Å². The highest BCUT2D eigenvalue weighted by atomic mass is 35.5. The van der Waals surface area contributed by atoms with Crippen molar-refractivity contribution in [2.45, 2.75) is 0 Å². The third-order valence-electron chi connectivity index (χ3n) is 4.13. The van der Waals surface area contributed by atoms with Crippen molar-refractivity contribution in [2.24, 2.45) is 0 Å². The van der Waals surface area contributed by atoms with Crippen molar-refractivity contribution in [3.63, 3.8) is 0 Å². The predicted octanol–water partition coefficient (Wildman–Crippen LogP) is 5.12. The highest BCUT2D eigenvalue weighted by Gasteiger charge is 2.29. The molecule has 4 heteroatoms. The van der Waals surface area contributed by atoms with Gasteiger partial charge in [0.05, 0.1) is 11.3 Å². The molecule has 0 atom stereocenters. The lowest BCUT2D eigenvalue weighted by molar-refractivity contribution is -0.112. The number of hydrogen-bond acceptors (Lipinski definition) is 2. The molecule has 0 saturated carbocycles. The molecule has 118 valence electrons. The zero-order chi connectivity index (χ0) is 16.7. The van der Waals surface area contributed by atoms with Gasteiger partial charge in [-0.1, -0.05) is 29.8 Å². The molecule has 0 bridgehead atoms. The van der Waals surface area contributed by atoms with E-state index in [9.17, 15) is 4.79 Å². The molecule has 3 aromatic rings. The number of furan rings is 1. The fourth-order valence-electron chi connectivity index (χ4n) is 2.88. The minimum absolute atomic E-state index is 0.0272. The maximum atomic E-state index is 12.5. The Bertz CT molecular complexity index is 954. The Balaban J connectivity index is 1.72. The molecule has 1 aromatic heterocycles. The predicted molar refractivity (Wildman–Crippen MR) is 96.9 cm³/mol. The van der Waals surface area contributed by atoms with Crippen LogP contribution < -0.4 is 4.90 Å². The number of fused-ring (bicyclic) bond motifs is 1. The van der Waals surface area contributed by atoms with E-state index in [-0.39, 0.29) is 5.91 Å². The fourth-order valence-corrected chi connectivity index (χ4v) is 3.01. The number of likely N-dealkylation sites (N-methyl/N-ethyl adjacent to an activating group) is 1. The first-order valence-corrected chi connectivity index (χ1v) is 7.96. The van der Waals surface area contributed by atoms with Crippen molar-refractivity contribution in [1.29, 1.82) is 0 Å². The van der Waals surface area contributed by atoms with Crippen molar-refractivity contribution >= 4 is 34.8 Å². The third-order valence-corrected chi connectivity index (χ3v) is 4.38. The van der Waals surface area contributed by atoms with Gasteiger partial charge in [0.15, 0.2) is 0 Å². The first kappa shape index (κ1) is 14.8. The van der Waals surface area contributed by atoms with Crippen molar-refractivity contribution in [1.82, 2.24) is 0 Å². The summed E-state index contributed by atoms with van der Waals surface area (Å²) in [5.74, 6) is 1.36. The lowest BCUT2D eigenvalue weighted by Gasteiger charge is -2.07. The van der Waals surface area contributed by atoms with Crippen LogP contribution in [0.3, 0.4) is 0 Å². The van der Waals surface area contributed by atoms with Gasteiger partial charge in [-0.2, -0.15) is 0 Å². The van der Waals surface area contributed by atoms with Gasteiger partial charge in [-0.05, 0) is 48.5 Å². The molecule has 24 heavy (non-hydrogen) atoms. The molecule has 0 N–H and O–H groups in total. The number of carbonyl (C=O) groups is 1. The van der Waals surface area contributed by atoms with E-state index in [0.29, 0.717) is 16.4 Å². The normalized spacial score (nSPS) is 15.2. The Kier molecular flexibility index (Phi) is 3.51. The second kappa shape index (κ2) is 5.69. The van der Waals surface area contributed by atoms with Gasteiger partial charge < -0.3 is 9.32 Å². The number of hydrogen-bond donors (Lipinski definition) is 0. The van der Waals surface area contributed by atoms with Crippen LogP contribution in [0.2, 0.25) is 5.02 Å². The maximum Gasteiger partial charge on any atom is 0.258 e. The molecule has 0 aliphatic carbocycles. The minimum atomic E-state index is -0.0272. The van der Waals surface area contributed by atoms with Crippen LogP contribution in [-0.2, 0) is 4.79 Å². The van der Waals surface area contributed by atoms with Gasteiger partial charge in [-0.25, -0.2) is 0 Å². The summed E-state index contributed by atoms with van der Waals surface area (Å²) in [4.78, 5) is 14.1. The van der Waals surface area contributed by atoms with E-state index in [2.05, 4.69) is 0 Å². The smallest absolute Gasteiger partial charge is 0.258 e. The molecule has 0 spiro atoms. The molecule has 3 nitrogen and oxygen atoms in total. The number of carbonyl (C=O) groups excluding carboxylic acids is 1. The van der Waals surface area contributed by atoms with E-state index in [1.54, 1.807) is 18.0 Å². The molecular weight excluding hydrogens is 322 g/mol. The van der Waals surface area contributed by atoms with Gasteiger partial charge in [0.1, 0.15) is 11.5 Å². The zero-order valence-corrected chi connectivity index (χ0v) is 13.7. The summed E-state index contributed by atoms with van der Waals surface area (Å²) in [6, 6.07) is 19.0. The number of amides is 1. The SMILES string of the molecule is CN1C(=O)/C(=C\c2ccc(-c3ccc(Cl)cc3)o2)c2ccccc21. The number of rotatable bonds is 2. The number of nitrogens with zero attached hydrogens (tertiary/aromatic N) is 1. The van der Waals surface area contributed by atoms with Crippen LogP contribution >= 0.6 is 11.6 Å². The highest BCUT2D eigenvalue weighted by molar-refractivity contribution is 6.35. The summed E-state index contributed by atoms with van der Waals surface area (Å²) in [7, 11) is 1.78. The van der Waals surface area contributed by atoms with Crippen molar-refractivity contribution < 1.29 is 9.21 Å². The van der Waals surface area contributed by atoms with Gasteiger partial charge in [0.25, 0.3) is 5.91 Å². The van der Waals surface area contributed by atoms with E-state index < -0.39 is 0 Å². The van der Waals surface area contributed by atoms with Gasteiger partial charge in [-0.15, -0.1) is 0 Å². The largest absolute Gasteiger partial charge is 0.457 e. The minimum Gasteiger partial charge on any atom is -0.457 e. The number of halogens is 1. The summed E-state index contributed by atoms with van der Waals surface area (Å²) >= 11 is 5.91. The molecule has 0 radical (unpaired) electrons. The first-order chi connectivity index (χ1) is 11.6. The van der Waals surface area contributed by atoms with Gasteiger partial charge >= 0.3 is 0 Å². The fraction of sp³-hybridized carbons (Fsp3) is 0.0500. The quantitative estimate of drug-likeness (QED) is 0.609. The first-order valence-electron chi connectivity index (χ1n) is 7.58. The number of benzene rings is 2. The summed E-state index contributed by atoms with van der Waals surface area (Å²) in [6.45, 7) is 0. The lowest BCUT2D eigenvalue weighted by Crippen LogP contribution is -2.20. The average Bonchev–Trinajstić information content (AvgIpc) is 3.16. The summed E-state index contributed by atoms with van der Waals surface area (Å²) < 4.78 is 5.88. The third kappa shape index (κ3) is 2.43. The van der Waals surface area contributed by atoms with Crippen LogP contribution in [0.1, 0.15) is 11.3 Å². The van der Waals surface area contributed by atoms with Crippen molar-refractivity contribution in [2.75, 3.05) is 11.9 Å². The summed E-state index contributed by atoms with van der Waals surface area (Å²) in [5.41, 5.74) is 3.43. The topological polar surface area (TPSA) is 33.5 Å². The van der Waals surface area contributed by atoms with Crippen LogP contribution in [0.5, 0.6) is 0 Å². The second-order valence-electron chi connectivity index (χ2n) is 5.65. The van der Waals surface area contributed by atoms with Crippen molar-refractivity contribution in [3.05, 3.63) is 77.0 Å². The Morgan fingerprint density at radius 2 is 1.75 bits per heavy atom. The number of para-hydroxylation sites is 1. The zero-order valence-electron chi connectivity index (χ0n) is 13.0. The average molecular weight is 336 g/mol. The Morgan fingerprint density at radius 3 is 2.54 bits per heavy atom. The Morgan fingerprint density at radius 1 is 1.00 bits per heavy atom. The summed E-state index contributed by atoms with van der Waals surface area (Å²) in [5, 5.41) is 0.684. The molecule has 1 amide bonds. The van der Waals surface area contributed by atoms with Crippen LogP contribution in [0.15, 0.2) is 65.1 Å². The van der Waals surface area contributed by atoms with Crippen LogP contribution in [0.25, 0.3) is 23.0 Å². The van der Waals surface area contributed by atoms with Crippen LogP contribution in [-0.4, -0.2) is 13.0 Å². The van der Waals surface area contributed by atoms with Crippen LogP contribution in [0.4, 0.5) is 5.69 Å². The number of anilines is 1. The Labute approximate surface area is 144 Å². The summed E-state index contributed by atoms with van der Waals surface area (Å²) in [6.07, 6.45) is 1.80. The molecule has 1 aliphatic rings. The van der Waals surface area contributed by atoms with Gasteiger partial charge in [-0.3, -0.25) is 4.79 Å². The molecule has 2 aromatic carbocycles. The van der Waals surface area contributed by atoms with E-state index in [1.807, 2.05) is 60.7 Å². The molecule has 2 heterocycles.